The van der Waals surface area contributed by atoms with Gasteiger partial charge in [-0.3, -0.25) is 0 Å². The molecule has 0 saturated carbocycles. The maximum atomic E-state index is 8.68. The van der Waals surface area contributed by atoms with Gasteiger partial charge in [0.15, 0.2) is 0 Å². The summed E-state index contributed by atoms with van der Waals surface area (Å²) in [5.41, 5.74) is 0. The van der Waals surface area contributed by atoms with Gasteiger partial charge in [0.05, 0.1) is 6.54 Å². The van der Waals surface area contributed by atoms with Crippen LogP contribution in [-0.4, -0.2) is 10.9 Å². The van der Waals surface area contributed by atoms with Crippen LogP contribution in [0.4, 0.5) is 0 Å². The third-order valence-corrected chi connectivity index (χ3v) is 0.807. The highest BCUT2D eigenvalue weighted by atomic mass is 16.3. The third-order valence-electron chi connectivity index (χ3n) is 0.807. The highest BCUT2D eigenvalue weighted by Gasteiger charge is 1.97. The Labute approximate surface area is 47.7 Å². The Hall–Kier alpha value is -0.990. The third kappa shape index (κ3) is 0.992. The Kier molecular flexibility index (Phi) is 1.20. The highest BCUT2D eigenvalue weighted by molar-refractivity contribution is 5.82. The summed E-state index contributed by atoms with van der Waals surface area (Å²) in [7, 11) is 0. The average Bonchev–Trinajstić information content (AvgIpc) is 1.64. The van der Waals surface area contributed by atoms with Crippen molar-refractivity contribution < 1.29 is 5.11 Å². The number of hydrogen-bond acceptors (Lipinski definition) is 3. The Morgan fingerprint density at radius 3 is 2.88 bits per heavy atom. The molecule has 0 atom stereocenters. The van der Waals surface area contributed by atoms with Crippen LogP contribution in [0.3, 0.4) is 0 Å². The second-order valence-corrected chi connectivity index (χ2v) is 1.53. The van der Waals surface area contributed by atoms with E-state index in [1.807, 2.05) is 0 Å². The molecule has 1 aliphatic heterocycles. The SMILES string of the molecule is CC1=NC(O)=C[CH]N1. The van der Waals surface area contributed by atoms with Crippen molar-refractivity contribution in [2.24, 2.45) is 4.99 Å². The molecule has 0 fully saturated rings. The topological polar surface area (TPSA) is 44.6 Å². The monoisotopic (exact) mass is 111 g/mol. The van der Waals surface area contributed by atoms with E-state index in [-0.39, 0.29) is 5.88 Å². The van der Waals surface area contributed by atoms with Gasteiger partial charge in [0.1, 0.15) is 5.84 Å². The lowest BCUT2D eigenvalue weighted by Crippen LogP contribution is -2.19. The Balaban J connectivity index is 2.69. The Morgan fingerprint density at radius 2 is 2.50 bits per heavy atom. The molecule has 1 radical (unpaired) electrons. The second kappa shape index (κ2) is 1.86. The van der Waals surface area contributed by atoms with E-state index in [0.717, 1.165) is 0 Å². The zero-order chi connectivity index (χ0) is 5.98. The quantitative estimate of drug-likeness (QED) is 0.480. The van der Waals surface area contributed by atoms with E-state index in [0.29, 0.717) is 5.84 Å². The molecule has 2 N–H and O–H groups in total. The summed E-state index contributed by atoms with van der Waals surface area (Å²) in [6, 6.07) is 0. The standard InChI is InChI=1S/C5H7N2O/c1-4-6-3-2-5(8)7-4/h2-3,8H,1H3,(H,6,7). The fourth-order valence-corrected chi connectivity index (χ4v) is 0.478. The molecule has 0 unspecified atom stereocenters. The lowest BCUT2D eigenvalue weighted by Gasteiger charge is -2.05. The molecular formula is C5H7N2O. The van der Waals surface area contributed by atoms with Crippen LogP contribution in [0.25, 0.3) is 0 Å². The van der Waals surface area contributed by atoms with Crippen LogP contribution in [0.5, 0.6) is 0 Å². The molecule has 0 aromatic carbocycles. The summed E-state index contributed by atoms with van der Waals surface area (Å²) in [5, 5.41) is 11.5. The van der Waals surface area contributed by atoms with Crippen molar-refractivity contribution in [2.75, 3.05) is 0 Å². The molecule has 0 aromatic heterocycles. The van der Waals surface area contributed by atoms with Crippen LogP contribution >= 0.6 is 0 Å². The number of aliphatic imine (C=N–C) groups is 1. The number of nitrogens with zero attached hydrogens (tertiary/aromatic N) is 1. The van der Waals surface area contributed by atoms with Crippen LogP contribution in [0.1, 0.15) is 6.92 Å². The van der Waals surface area contributed by atoms with Gasteiger partial charge in [0.25, 0.3) is 0 Å². The van der Waals surface area contributed by atoms with Crippen molar-refractivity contribution in [3.8, 4) is 0 Å². The first-order valence-electron chi connectivity index (χ1n) is 2.33. The first kappa shape index (κ1) is 5.15. The molecule has 1 heterocycles. The van der Waals surface area contributed by atoms with Crippen molar-refractivity contribution >= 4 is 5.84 Å². The van der Waals surface area contributed by atoms with Gasteiger partial charge >= 0.3 is 0 Å². The summed E-state index contributed by atoms with van der Waals surface area (Å²) >= 11 is 0. The lowest BCUT2D eigenvalue weighted by molar-refractivity contribution is 0.403. The van der Waals surface area contributed by atoms with Gasteiger partial charge < -0.3 is 10.4 Å². The van der Waals surface area contributed by atoms with E-state index in [4.69, 9.17) is 5.11 Å². The molecule has 8 heavy (non-hydrogen) atoms. The fourth-order valence-electron chi connectivity index (χ4n) is 0.478. The predicted molar refractivity (Wildman–Crippen MR) is 31.3 cm³/mol. The number of nitrogens with one attached hydrogen (secondary N) is 1. The molecule has 3 nitrogen and oxygen atoms in total. The number of aliphatic hydroxyl groups is 1. The Bertz CT molecular complexity index is 149. The zero-order valence-corrected chi connectivity index (χ0v) is 4.55. The summed E-state index contributed by atoms with van der Waals surface area (Å²) in [5.74, 6) is 0.770. The summed E-state index contributed by atoms with van der Waals surface area (Å²) < 4.78 is 0. The number of amidine groups is 1. The first-order chi connectivity index (χ1) is 3.79. The molecule has 0 aliphatic carbocycles. The minimum absolute atomic E-state index is 0.0567. The molecule has 0 bridgehead atoms. The van der Waals surface area contributed by atoms with E-state index in [1.165, 1.54) is 6.08 Å². The van der Waals surface area contributed by atoms with E-state index in [2.05, 4.69) is 10.3 Å². The van der Waals surface area contributed by atoms with Gasteiger partial charge in [-0.05, 0) is 6.92 Å². The molecular weight excluding hydrogens is 104 g/mol. The van der Waals surface area contributed by atoms with Crippen LogP contribution in [-0.2, 0) is 0 Å². The normalized spacial score (nSPS) is 18.6. The molecule has 0 amide bonds. The minimum atomic E-state index is 0.0567. The predicted octanol–water partition coefficient (Wildman–Crippen LogP) is 0.569. The maximum Gasteiger partial charge on any atom is 0.210 e. The first-order valence-corrected chi connectivity index (χ1v) is 2.33. The molecule has 43 valence electrons. The van der Waals surface area contributed by atoms with E-state index >= 15 is 0 Å². The number of aliphatic hydroxyl groups excluding tert-OH is 1. The van der Waals surface area contributed by atoms with Gasteiger partial charge in [-0.2, -0.15) is 0 Å². The van der Waals surface area contributed by atoms with Crippen molar-refractivity contribution in [2.45, 2.75) is 6.92 Å². The van der Waals surface area contributed by atoms with Crippen molar-refractivity contribution in [3.63, 3.8) is 0 Å². The van der Waals surface area contributed by atoms with Gasteiger partial charge in [0, 0.05) is 6.08 Å². The molecule has 0 spiro atoms. The molecule has 0 saturated heterocycles. The van der Waals surface area contributed by atoms with Gasteiger partial charge in [0.2, 0.25) is 5.88 Å². The van der Waals surface area contributed by atoms with Gasteiger partial charge in [-0.1, -0.05) is 0 Å². The highest BCUT2D eigenvalue weighted by Crippen LogP contribution is 1.96. The fraction of sp³-hybridized carbons (Fsp3) is 0.200. The number of hydrogen-bond donors (Lipinski definition) is 2. The van der Waals surface area contributed by atoms with Gasteiger partial charge in [-0.15, -0.1) is 0 Å². The molecule has 1 rings (SSSR count). The Morgan fingerprint density at radius 1 is 1.75 bits per heavy atom. The van der Waals surface area contributed by atoms with Gasteiger partial charge in [-0.25, -0.2) is 4.99 Å². The minimum Gasteiger partial charge on any atom is -0.493 e. The van der Waals surface area contributed by atoms with Crippen molar-refractivity contribution in [1.82, 2.24) is 5.32 Å². The summed E-state index contributed by atoms with van der Waals surface area (Å²) in [6.07, 6.45) is 1.49. The van der Waals surface area contributed by atoms with Crippen molar-refractivity contribution in [1.29, 1.82) is 0 Å². The molecule has 1 aliphatic rings. The second-order valence-electron chi connectivity index (χ2n) is 1.53. The van der Waals surface area contributed by atoms with Crippen LogP contribution in [0.15, 0.2) is 17.0 Å². The lowest BCUT2D eigenvalue weighted by atomic mass is 10.5. The molecule has 3 heteroatoms. The summed E-state index contributed by atoms with van der Waals surface area (Å²) in [4.78, 5) is 3.67. The average molecular weight is 111 g/mol. The van der Waals surface area contributed by atoms with Crippen LogP contribution < -0.4 is 5.32 Å². The maximum absolute atomic E-state index is 8.68. The van der Waals surface area contributed by atoms with Crippen molar-refractivity contribution in [3.05, 3.63) is 18.5 Å². The zero-order valence-electron chi connectivity index (χ0n) is 4.55. The molecule has 0 aromatic rings. The smallest absolute Gasteiger partial charge is 0.210 e. The van der Waals surface area contributed by atoms with E-state index in [1.54, 1.807) is 13.5 Å². The largest absolute Gasteiger partial charge is 0.493 e. The summed E-state index contributed by atoms with van der Waals surface area (Å²) in [6.45, 7) is 3.41. The van der Waals surface area contributed by atoms with Crippen LogP contribution in [0.2, 0.25) is 0 Å². The van der Waals surface area contributed by atoms with Crippen LogP contribution in [0, 0.1) is 6.54 Å². The number of rotatable bonds is 0. The van der Waals surface area contributed by atoms with E-state index < -0.39 is 0 Å². The van der Waals surface area contributed by atoms with E-state index in [9.17, 15) is 0 Å².